The summed E-state index contributed by atoms with van der Waals surface area (Å²) in [4.78, 5) is 4.25. The molecule has 5 heteroatoms. The van der Waals surface area contributed by atoms with E-state index in [9.17, 15) is 9.50 Å². The van der Waals surface area contributed by atoms with Crippen molar-refractivity contribution in [2.45, 2.75) is 6.61 Å². The minimum absolute atomic E-state index is 0.214. The SMILES string of the molecule is OCc1cccc(F)c1-c1cnc2ccc(Br)cn12. The van der Waals surface area contributed by atoms with Gasteiger partial charge in [0.1, 0.15) is 11.5 Å². The minimum Gasteiger partial charge on any atom is -0.392 e. The molecule has 3 aromatic rings. The van der Waals surface area contributed by atoms with Crippen LogP contribution in [0.5, 0.6) is 0 Å². The van der Waals surface area contributed by atoms with E-state index in [4.69, 9.17) is 0 Å². The Balaban J connectivity index is 2.33. The van der Waals surface area contributed by atoms with E-state index in [1.165, 1.54) is 6.07 Å². The molecule has 19 heavy (non-hydrogen) atoms. The molecule has 2 heterocycles. The number of rotatable bonds is 2. The Morgan fingerprint density at radius 3 is 2.89 bits per heavy atom. The van der Waals surface area contributed by atoms with Crippen LogP contribution in [-0.2, 0) is 6.61 Å². The summed E-state index contributed by atoms with van der Waals surface area (Å²) < 4.78 is 16.7. The van der Waals surface area contributed by atoms with Gasteiger partial charge in [-0.3, -0.25) is 4.40 Å². The van der Waals surface area contributed by atoms with Crippen molar-refractivity contribution < 1.29 is 9.50 Å². The first-order valence-corrected chi connectivity index (χ1v) is 6.51. The molecule has 0 radical (unpaired) electrons. The Hall–Kier alpha value is -1.72. The summed E-state index contributed by atoms with van der Waals surface area (Å²) in [6.07, 6.45) is 3.44. The number of aliphatic hydroxyl groups is 1. The molecule has 0 unspecified atom stereocenters. The predicted octanol–water partition coefficient (Wildman–Crippen LogP) is 3.40. The lowest BCUT2D eigenvalue weighted by Crippen LogP contribution is -1.96. The molecule has 1 aromatic carbocycles. The number of pyridine rings is 1. The van der Waals surface area contributed by atoms with Crippen LogP contribution in [0.3, 0.4) is 0 Å². The molecule has 3 nitrogen and oxygen atoms in total. The molecule has 0 atom stereocenters. The number of aliphatic hydroxyl groups excluding tert-OH is 1. The Kier molecular flexibility index (Phi) is 3.08. The summed E-state index contributed by atoms with van der Waals surface area (Å²) in [5.41, 5.74) is 2.28. The van der Waals surface area contributed by atoms with Crippen molar-refractivity contribution in [3.8, 4) is 11.3 Å². The fourth-order valence-corrected chi connectivity index (χ4v) is 2.46. The molecule has 0 aliphatic heterocycles. The third-order valence-corrected chi connectivity index (χ3v) is 3.46. The van der Waals surface area contributed by atoms with Crippen molar-refractivity contribution in [2.75, 3.05) is 0 Å². The van der Waals surface area contributed by atoms with E-state index in [-0.39, 0.29) is 12.4 Å². The molecule has 0 aliphatic rings. The maximum absolute atomic E-state index is 14.1. The first kappa shape index (κ1) is 12.3. The summed E-state index contributed by atoms with van der Waals surface area (Å²) in [7, 11) is 0. The summed E-state index contributed by atoms with van der Waals surface area (Å²) in [5, 5.41) is 9.36. The molecule has 0 aliphatic carbocycles. The van der Waals surface area contributed by atoms with E-state index >= 15 is 0 Å². The van der Waals surface area contributed by atoms with Gasteiger partial charge in [-0.25, -0.2) is 9.37 Å². The van der Waals surface area contributed by atoms with Crippen molar-refractivity contribution in [3.63, 3.8) is 0 Å². The molecule has 3 rings (SSSR count). The Bertz CT molecular complexity index is 754. The number of fused-ring (bicyclic) bond motifs is 1. The summed E-state index contributed by atoms with van der Waals surface area (Å²) in [6, 6.07) is 8.39. The van der Waals surface area contributed by atoms with Gasteiger partial charge in [-0.05, 0) is 39.7 Å². The van der Waals surface area contributed by atoms with Gasteiger partial charge in [0.2, 0.25) is 0 Å². The van der Waals surface area contributed by atoms with Gasteiger partial charge in [0.05, 0.1) is 18.5 Å². The second-order valence-corrected chi connectivity index (χ2v) is 5.07. The summed E-state index contributed by atoms with van der Waals surface area (Å²) in [5.74, 6) is -0.367. The first-order valence-electron chi connectivity index (χ1n) is 5.72. The van der Waals surface area contributed by atoms with Crippen LogP contribution in [0.15, 0.2) is 47.2 Å². The number of benzene rings is 1. The van der Waals surface area contributed by atoms with Crippen LogP contribution in [0.1, 0.15) is 5.56 Å². The lowest BCUT2D eigenvalue weighted by molar-refractivity contribution is 0.282. The van der Waals surface area contributed by atoms with E-state index in [0.29, 0.717) is 16.8 Å². The van der Waals surface area contributed by atoms with Crippen LogP contribution in [0.2, 0.25) is 0 Å². The van der Waals surface area contributed by atoms with Crippen molar-refractivity contribution >= 4 is 21.6 Å². The third-order valence-electron chi connectivity index (χ3n) is 3.00. The van der Waals surface area contributed by atoms with Crippen molar-refractivity contribution in [1.29, 1.82) is 0 Å². The zero-order chi connectivity index (χ0) is 13.4. The quantitative estimate of drug-likeness (QED) is 0.785. The van der Waals surface area contributed by atoms with Crippen LogP contribution < -0.4 is 0 Å². The van der Waals surface area contributed by atoms with Gasteiger partial charge >= 0.3 is 0 Å². The molecular weight excluding hydrogens is 311 g/mol. The molecule has 96 valence electrons. The second kappa shape index (κ2) is 4.75. The zero-order valence-corrected chi connectivity index (χ0v) is 11.4. The Labute approximate surface area is 117 Å². The topological polar surface area (TPSA) is 37.5 Å². The van der Waals surface area contributed by atoms with E-state index in [1.54, 1.807) is 22.7 Å². The number of hydrogen-bond acceptors (Lipinski definition) is 2. The number of hydrogen-bond donors (Lipinski definition) is 1. The Morgan fingerprint density at radius 1 is 1.26 bits per heavy atom. The van der Waals surface area contributed by atoms with E-state index in [2.05, 4.69) is 20.9 Å². The van der Waals surface area contributed by atoms with Gasteiger partial charge in [0, 0.05) is 16.2 Å². The lowest BCUT2D eigenvalue weighted by Gasteiger charge is -2.08. The number of halogens is 2. The minimum atomic E-state index is -0.367. The van der Waals surface area contributed by atoms with Crippen LogP contribution in [0, 0.1) is 5.82 Å². The fourth-order valence-electron chi connectivity index (χ4n) is 2.13. The Morgan fingerprint density at radius 2 is 2.11 bits per heavy atom. The van der Waals surface area contributed by atoms with Gasteiger partial charge in [-0.2, -0.15) is 0 Å². The van der Waals surface area contributed by atoms with E-state index in [1.807, 2.05) is 18.3 Å². The fraction of sp³-hybridized carbons (Fsp3) is 0.0714. The third kappa shape index (κ3) is 2.05. The first-order chi connectivity index (χ1) is 9.20. The molecule has 2 aromatic heterocycles. The van der Waals surface area contributed by atoms with Crippen molar-refractivity contribution in [3.05, 3.63) is 58.6 Å². The molecular formula is C14H10BrFN2O. The van der Waals surface area contributed by atoms with Gasteiger partial charge in [-0.1, -0.05) is 12.1 Å². The van der Waals surface area contributed by atoms with Crippen LogP contribution in [0.4, 0.5) is 4.39 Å². The normalized spacial score (nSPS) is 11.1. The van der Waals surface area contributed by atoms with Gasteiger partial charge in [0.25, 0.3) is 0 Å². The number of imidazole rings is 1. The smallest absolute Gasteiger partial charge is 0.137 e. The van der Waals surface area contributed by atoms with Gasteiger partial charge < -0.3 is 5.11 Å². The van der Waals surface area contributed by atoms with Crippen molar-refractivity contribution in [1.82, 2.24) is 9.38 Å². The average molecular weight is 321 g/mol. The number of aromatic nitrogens is 2. The van der Waals surface area contributed by atoms with Crippen LogP contribution in [-0.4, -0.2) is 14.5 Å². The maximum Gasteiger partial charge on any atom is 0.137 e. The van der Waals surface area contributed by atoms with Crippen molar-refractivity contribution in [2.24, 2.45) is 0 Å². The molecule has 0 spiro atoms. The molecule has 0 saturated carbocycles. The molecule has 1 N–H and O–H groups in total. The molecule has 0 fully saturated rings. The largest absolute Gasteiger partial charge is 0.392 e. The van der Waals surface area contributed by atoms with E-state index in [0.717, 1.165) is 10.1 Å². The zero-order valence-electron chi connectivity index (χ0n) is 9.85. The highest BCUT2D eigenvalue weighted by Gasteiger charge is 2.14. The van der Waals surface area contributed by atoms with Crippen LogP contribution >= 0.6 is 15.9 Å². The highest BCUT2D eigenvalue weighted by atomic mass is 79.9. The van der Waals surface area contributed by atoms with Gasteiger partial charge in [-0.15, -0.1) is 0 Å². The monoisotopic (exact) mass is 320 g/mol. The molecule has 0 saturated heterocycles. The summed E-state index contributed by atoms with van der Waals surface area (Å²) in [6.45, 7) is -0.214. The molecule has 0 amide bonds. The van der Waals surface area contributed by atoms with Crippen LogP contribution in [0.25, 0.3) is 16.9 Å². The predicted molar refractivity (Wildman–Crippen MR) is 74.2 cm³/mol. The van der Waals surface area contributed by atoms with E-state index < -0.39 is 0 Å². The van der Waals surface area contributed by atoms with Gasteiger partial charge in [0.15, 0.2) is 0 Å². The highest BCUT2D eigenvalue weighted by molar-refractivity contribution is 9.10. The number of nitrogens with zero attached hydrogens (tertiary/aromatic N) is 2. The lowest BCUT2D eigenvalue weighted by atomic mass is 10.0. The second-order valence-electron chi connectivity index (χ2n) is 4.15. The average Bonchev–Trinajstić information content (AvgIpc) is 2.81. The standard InChI is InChI=1S/C14H10BrFN2O/c15-10-4-5-13-17-6-12(18(13)7-10)14-9(8-19)2-1-3-11(14)16/h1-7,19H,8H2. The highest BCUT2D eigenvalue weighted by Crippen LogP contribution is 2.28. The maximum atomic E-state index is 14.1. The summed E-state index contributed by atoms with van der Waals surface area (Å²) >= 11 is 3.39. The molecule has 0 bridgehead atoms.